The quantitative estimate of drug-likeness (QED) is 0.801. The topological polar surface area (TPSA) is 64.1 Å². The van der Waals surface area contributed by atoms with Crippen LogP contribution in [-0.4, -0.2) is 17.6 Å². The molecule has 1 atom stereocenters. The summed E-state index contributed by atoms with van der Waals surface area (Å²) < 4.78 is 5.52. The van der Waals surface area contributed by atoms with Gasteiger partial charge in [-0.05, 0) is 32.0 Å². The summed E-state index contributed by atoms with van der Waals surface area (Å²) in [7, 11) is 0. The van der Waals surface area contributed by atoms with Crippen LogP contribution in [0.1, 0.15) is 13.3 Å². The fourth-order valence-electron chi connectivity index (χ4n) is 1.47. The van der Waals surface area contributed by atoms with Crippen molar-refractivity contribution in [2.45, 2.75) is 19.4 Å². The summed E-state index contributed by atoms with van der Waals surface area (Å²) in [6, 6.07) is 8.55. The maximum atomic E-state index is 5.52. The lowest BCUT2D eigenvalue weighted by Crippen LogP contribution is -2.19. The summed E-state index contributed by atoms with van der Waals surface area (Å²) in [4.78, 5) is 4.32. The van der Waals surface area contributed by atoms with Gasteiger partial charge in [0, 0.05) is 6.04 Å². The number of hydrogen-bond acceptors (Lipinski definition) is 4. The highest BCUT2D eigenvalue weighted by Crippen LogP contribution is 2.18. The first-order chi connectivity index (χ1) is 7.29. The Kier molecular flexibility index (Phi) is 2.87. The monoisotopic (exact) mass is 205 g/mol. The number of anilines is 1. The third-order valence-electron chi connectivity index (χ3n) is 2.26. The molecule has 15 heavy (non-hydrogen) atoms. The van der Waals surface area contributed by atoms with Gasteiger partial charge in [0.2, 0.25) is 0 Å². The van der Waals surface area contributed by atoms with Crippen molar-refractivity contribution < 1.29 is 4.42 Å². The molecule has 1 unspecified atom stereocenters. The largest absolute Gasteiger partial charge is 0.424 e. The first kappa shape index (κ1) is 9.98. The maximum Gasteiger partial charge on any atom is 0.295 e. The van der Waals surface area contributed by atoms with Crippen LogP contribution in [0, 0.1) is 0 Å². The van der Waals surface area contributed by atoms with Crippen LogP contribution in [0.4, 0.5) is 6.01 Å². The SMILES string of the molecule is CC(CCN)Nc1nc2ccccc2o1. The number of para-hydroxylation sites is 2. The van der Waals surface area contributed by atoms with Crippen molar-refractivity contribution in [2.75, 3.05) is 11.9 Å². The van der Waals surface area contributed by atoms with Crippen LogP contribution in [-0.2, 0) is 0 Å². The third kappa shape index (κ3) is 2.27. The van der Waals surface area contributed by atoms with E-state index >= 15 is 0 Å². The fourth-order valence-corrected chi connectivity index (χ4v) is 1.47. The molecule has 2 rings (SSSR count). The lowest BCUT2D eigenvalue weighted by atomic mass is 10.2. The van der Waals surface area contributed by atoms with Crippen LogP contribution in [0.5, 0.6) is 0 Å². The predicted molar refractivity (Wildman–Crippen MR) is 60.8 cm³/mol. The minimum absolute atomic E-state index is 0.281. The van der Waals surface area contributed by atoms with Gasteiger partial charge in [-0.15, -0.1) is 0 Å². The van der Waals surface area contributed by atoms with Crippen molar-refractivity contribution in [3.8, 4) is 0 Å². The van der Waals surface area contributed by atoms with Gasteiger partial charge in [0.25, 0.3) is 6.01 Å². The Labute approximate surface area is 88.5 Å². The van der Waals surface area contributed by atoms with Crippen molar-refractivity contribution in [1.29, 1.82) is 0 Å². The summed E-state index contributed by atoms with van der Waals surface area (Å²) in [6.45, 7) is 2.72. The molecule has 4 heteroatoms. The van der Waals surface area contributed by atoms with Gasteiger partial charge in [-0.3, -0.25) is 0 Å². The summed E-state index contributed by atoms with van der Waals surface area (Å²) >= 11 is 0. The molecule has 0 saturated carbocycles. The molecule has 1 aromatic heterocycles. The van der Waals surface area contributed by atoms with E-state index in [0.717, 1.165) is 17.5 Å². The molecule has 3 N–H and O–H groups in total. The van der Waals surface area contributed by atoms with Crippen molar-refractivity contribution in [3.05, 3.63) is 24.3 Å². The lowest BCUT2D eigenvalue weighted by molar-refractivity contribution is 0.591. The van der Waals surface area contributed by atoms with Gasteiger partial charge >= 0.3 is 0 Å². The molecule has 0 aliphatic carbocycles. The van der Waals surface area contributed by atoms with Crippen LogP contribution < -0.4 is 11.1 Å². The van der Waals surface area contributed by atoms with E-state index < -0.39 is 0 Å². The van der Waals surface area contributed by atoms with Gasteiger partial charge in [0.1, 0.15) is 5.52 Å². The van der Waals surface area contributed by atoms with E-state index in [1.54, 1.807) is 0 Å². The van der Waals surface area contributed by atoms with Crippen LogP contribution in [0.2, 0.25) is 0 Å². The van der Waals surface area contributed by atoms with Gasteiger partial charge < -0.3 is 15.5 Å². The molecule has 0 radical (unpaired) electrons. The zero-order chi connectivity index (χ0) is 10.7. The van der Waals surface area contributed by atoms with E-state index in [-0.39, 0.29) is 6.04 Å². The maximum absolute atomic E-state index is 5.52. The normalized spacial score (nSPS) is 12.9. The third-order valence-corrected chi connectivity index (χ3v) is 2.26. The molecule has 2 aromatic rings. The second kappa shape index (κ2) is 4.31. The van der Waals surface area contributed by atoms with Crippen LogP contribution in [0.3, 0.4) is 0 Å². The van der Waals surface area contributed by atoms with Gasteiger partial charge in [-0.1, -0.05) is 12.1 Å². The summed E-state index contributed by atoms with van der Waals surface area (Å²) in [5.74, 6) is 0. The Bertz CT molecular complexity index is 405. The number of aromatic nitrogens is 1. The minimum atomic E-state index is 0.281. The second-order valence-corrected chi connectivity index (χ2v) is 3.61. The molecule has 4 nitrogen and oxygen atoms in total. The van der Waals surface area contributed by atoms with Crippen molar-refractivity contribution in [2.24, 2.45) is 5.73 Å². The molecular formula is C11H15N3O. The molecule has 0 amide bonds. The molecule has 0 aliphatic rings. The average Bonchev–Trinajstić information content (AvgIpc) is 2.59. The van der Waals surface area contributed by atoms with Crippen LogP contribution in [0.25, 0.3) is 11.1 Å². The number of hydrogen-bond donors (Lipinski definition) is 2. The molecule has 0 aliphatic heterocycles. The summed E-state index contributed by atoms with van der Waals surface area (Å²) in [6.07, 6.45) is 0.902. The molecule has 0 bridgehead atoms. The van der Waals surface area contributed by atoms with E-state index in [1.165, 1.54) is 0 Å². The Morgan fingerprint density at radius 2 is 2.27 bits per heavy atom. The molecule has 80 valence electrons. The number of oxazole rings is 1. The Morgan fingerprint density at radius 1 is 1.47 bits per heavy atom. The van der Waals surface area contributed by atoms with Crippen LogP contribution in [0.15, 0.2) is 28.7 Å². The number of nitrogens with two attached hydrogens (primary N) is 1. The van der Waals surface area contributed by atoms with E-state index in [2.05, 4.69) is 17.2 Å². The predicted octanol–water partition coefficient (Wildman–Crippen LogP) is 1.98. The van der Waals surface area contributed by atoms with E-state index in [9.17, 15) is 0 Å². The minimum Gasteiger partial charge on any atom is -0.424 e. The lowest BCUT2D eigenvalue weighted by Gasteiger charge is -2.09. The standard InChI is InChI=1S/C11H15N3O/c1-8(6-7-12)13-11-14-9-4-2-3-5-10(9)15-11/h2-5,8H,6-7,12H2,1H3,(H,13,14). The van der Waals surface area contributed by atoms with Gasteiger partial charge in [-0.25, -0.2) is 0 Å². The molecule has 1 heterocycles. The average molecular weight is 205 g/mol. The number of fused-ring (bicyclic) bond motifs is 1. The molecule has 0 spiro atoms. The summed E-state index contributed by atoms with van der Waals surface area (Å²) in [5, 5.41) is 3.17. The summed E-state index contributed by atoms with van der Waals surface area (Å²) in [5.41, 5.74) is 7.15. The Morgan fingerprint density at radius 3 is 3.00 bits per heavy atom. The molecule has 0 saturated heterocycles. The van der Waals surface area contributed by atoms with Gasteiger partial charge in [0.05, 0.1) is 0 Å². The number of nitrogens with one attached hydrogen (secondary N) is 1. The first-order valence-corrected chi connectivity index (χ1v) is 5.12. The Balaban J connectivity index is 2.15. The van der Waals surface area contributed by atoms with Gasteiger partial charge in [0.15, 0.2) is 5.58 Å². The van der Waals surface area contributed by atoms with Crippen molar-refractivity contribution >= 4 is 17.1 Å². The first-order valence-electron chi connectivity index (χ1n) is 5.12. The zero-order valence-corrected chi connectivity index (χ0v) is 8.73. The van der Waals surface area contributed by atoms with Gasteiger partial charge in [-0.2, -0.15) is 4.98 Å². The highest BCUT2D eigenvalue weighted by molar-refractivity contribution is 5.74. The molecule has 1 aromatic carbocycles. The van der Waals surface area contributed by atoms with Crippen molar-refractivity contribution in [1.82, 2.24) is 4.98 Å². The fraction of sp³-hybridized carbons (Fsp3) is 0.364. The Hall–Kier alpha value is -1.55. The van der Waals surface area contributed by atoms with Crippen LogP contribution >= 0.6 is 0 Å². The van der Waals surface area contributed by atoms with E-state index in [4.69, 9.17) is 10.2 Å². The highest BCUT2D eigenvalue weighted by atomic mass is 16.4. The number of rotatable bonds is 4. The smallest absolute Gasteiger partial charge is 0.295 e. The molecular weight excluding hydrogens is 190 g/mol. The molecule has 0 fully saturated rings. The van der Waals surface area contributed by atoms with Crippen molar-refractivity contribution in [3.63, 3.8) is 0 Å². The highest BCUT2D eigenvalue weighted by Gasteiger charge is 2.07. The number of nitrogens with zero attached hydrogens (tertiary/aromatic N) is 1. The van der Waals surface area contributed by atoms with E-state index in [0.29, 0.717) is 12.6 Å². The van der Waals surface area contributed by atoms with E-state index in [1.807, 2.05) is 24.3 Å². The number of benzene rings is 1. The second-order valence-electron chi connectivity index (χ2n) is 3.61. The zero-order valence-electron chi connectivity index (χ0n) is 8.73.